The highest BCUT2D eigenvalue weighted by atomic mass is 16.4. The van der Waals surface area contributed by atoms with Crippen LogP contribution in [0.4, 0.5) is 0 Å². The molecular formula is C34H38N4O6. The zero-order chi connectivity index (χ0) is 31.1. The number of pyridine rings is 2. The topological polar surface area (TPSA) is 165 Å². The minimum absolute atomic E-state index is 0.0648. The number of hydrogen-bond donors (Lipinski definition) is 6. The number of nitrogens with zero attached hydrogens (tertiary/aromatic N) is 1. The highest BCUT2D eigenvalue weighted by molar-refractivity contribution is 5.93. The fourth-order valence-corrected chi connectivity index (χ4v) is 6.06. The molecule has 0 unspecified atom stereocenters. The molecule has 1 fully saturated rings. The van der Waals surface area contributed by atoms with Crippen molar-refractivity contribution in [3.05, 3.63) is 105 Å². The van der Waals surface area contributed by atoms with Gasteiger partial charge in [0.1, 0.15) is 5.75 Å². The number of carboxylic acids is 1. The second kappa shape index (κ2) is 13.8. The lowest BCUT2D eigenvalue weighted by molar-refractivity contribution is -0.145. The van der Waals surface area contributed by atoms with E-state index in [2.05, 4.69) is 20.6 Å². The third-order valence-electron chi connectivity index (χ3n) is 8.52. The number of fused-ring (bicyclic) bond motifs is 1. The van der Waals surface area contributed by atoms with E-state index in [1.165, 1.54) is 18.3 Å². The molecule has 6 N–H and O–H groups in total. The largest absolute Gasteiger partial charge is 0.506 e. The fraction of sp³-hybridized carbons (Fsp3) is 0.353. The molecule has 0 radical (unpaired) electrons. The van der Waals surface area contributed by atoms with Crippen molar-refractivity contribution in [3.63, 3.8) is 0 Å². The van der Waals surface area contributed by atoms with Crippen molar-refractivity contribution >= 4 is 22.8 Å². The standard InChI is InChI=1S/C34H38N4O6/c39-28-13-11-26(27-12-14-30(41)38-31(27)28)29(40)21-35-20-25-10-9-23(19-37-25)32(42)36-17-5-7-22-6-4-8-24(18-22)34(33(43)44)15-2-1-3-16-34/h4,6,8-14,18-19,29,35,39-40H,1-3,5,7,15-17,20-21H2,(H,36,42)(H,38,41)(H,43,44)/t29-/m0/s1. The molecule has 2 aromatic carbocycles. The van der Waals surface area contributed by atoms with Crippen molar-refractivity contribution in [1.29, 1.82) is 0 Å². The van der Waals surface area contributed by atoms with Crippen LogP contribution in [0.15, 0.2) is 71.7 Å². The van der Waals surface area contributed by atoms with E-state index in [0.717, 1.165) is 43.2 Å². The first kappa shape index (κ1) is 30.9. The molecule has 1 atom stereocenters. The van der Waals surface area contributed by atoms with Crippen LogP contribution in [0.3, 0.4) is 0 Å². The Morgan fingerprint density at radius 2 is 1.84 bits per heavy atom. The molecule has 0 saturated heterocycles. The number of aromatic hydroxyl groups is 1. The van der Waals surface area contributed by atoms with Crippen LogP contribution < -0.4 is 16.2 Å². The van der Waals surface area contributed by atoms with Gasteiger partial charge in [-0.1, -0.05) is 49.6 Å². The number of phenolic OH excluding ortho intramolecular Hbond substituents is 1. The van der Waals surface area contributed by atoms with Gasteiger partial charge in [-0.2, -0.15) is 0 Å². The molecule has 4 aromatic rings. The smallest absolute Gasteiger partial charge is 0.314 e. The Morgan fingerprint density at radius 1 is 1.02 bits per heavy atom. The van der Waals surface area contributed by atoms with Gasteiger partial charge in [-0.05, 0) is 66.6 Å². The molecule has 5 rings (SSSR count). The molecule has 1 saturated carbocycles. The predicted molar refractivity (Wildman–Crippen MR) is 167 cm³/mol. The zero-order valence-corrected chi connectivity index (χ0v) is 24.5. The van der Waals surface area contributed by atoms with Crippen molar-refractivity contribution in [2.24, 2.45) is 0 Å². The SMILES string of the molecule is O=C(NCCCc1cccc(C2(C(=O)O)CCCCC2)c1)c1ccc(CNC[C@H](O)c2ccc(O)c3[nH]c(=O)ccc23)nc1. The number of benzene rings is 2. The lowest BCUT2D eigenvalue weighted by Crippen LogP contribution is -2.37. The Balaban J connectivity index is 1.08. The number of aryl methyl sites for hydroxylation is 1. The van der Waals surface area contributed by atoms with Gasteiger partial charge in [0.05, 0.1) is 28.3 Å². The van der Waals surface area contributed by atoms with E-state index in [4.69, 9.17) is 0 Å². The molecule has 1 aliphatic carbocycles. The van der Waals surface area contributed by atoms with Gasteiger partial charge in [0.25, 0.3) is 5.91 Å². The summed E-state index contributed by atoms with van der Waals surface area (Å²) in [4.78, 5) is 43.4. The van der Waals surface area contributed by atoms with Crippen LogP contribution >= 0.6 is 0 Å². The van der Waals surface area contributed by atoms with Crippen LogP contribution in [0.2, 0.25) is 0 Å². The molecular weight excluding hydrogens is 560 g/mol. The van der Waals surface area contributed by atoms with Crippen molar-refractivity contribution in [2.45, 2.75) is 63.0 Å². The maximum Gasteiger partial charge on any atom is 0.314 e. The third-order valence-corrected chi connectivity index (χ3v) is 8.52. The van der Waals surface area contributed by atoms with E-state index < -0.39 is 17.5 Å². The average molecular weight is 599 g/mol. The lowest BCUT2D eigenvalue weighted by Gasteiger charge is -2.34. The van der Waals surface area contributed by atoms with Crippen LogP contribution in [-0.2, 0) is 23.2 Å². The molecule has 0 spiro atoms. The summed E-state index contributed by atoms with van der Waals surface area (Å²) < 4.78 is 0. The van der Waals surface area contributed by atoms with Gasteiger partial charge in [-0.3, -0.25) is 19.4 Å². The average Bonchev–Trinajstić information content (AvgIpc) is 3.04. The number of aromatic nitrogens is 2. The number of carboxylic acid groups (broad SMARTS) is 1. The molecule has 2 aromatic heterocycles. The number of hydrogen-bond acceptors (Lipinski definition) is 7. The molecule has 10 nitrogen and oxygen atoms in total. The van der Waals surface area contributed by atoms with Crippen LogP contribution in [0.25, 0.3) is 10.9 Å². The Hall–Kier alpha value is -4.54. The highest BCUT2D eigenvalue weighted by Crippen LogP contribution is 2.40. The number of aliphatic hydroxyl groups is 1. The monoisotopic (exact) mass is 598 g/mol. The number of amides is 1. The van der Waals surface area contributed by atoms with Crippen LogP contribution in [0.5, 0.6) is 5.75 Å². The molecule has 0 bridgehead atoms. The Bertz CT molecular complexity index is 1680. The number of phenols is 1. The van der Waals surface area contributed by atoms with Gasteiger partial charge in [0.2, 0.25) is 5.56 Å². The summed E-state index contributed by atoms with van der Waals surface area (Å²) >= 11 is 0. The minimum atomic E-state index is -0.887. The summed E-state index contributed by atoms with van der Waals surface area (Å²) in [5.74, 6) is -1.02. The number of aromatic amines is 1. The van der Waals surface area contributed by atoms with Crippen molar-refractivity contribution in [2.75, 3.05) is 13.1 Å². The second-order valence-corrected chi connectivity index (χ2v) is 11.5. The van der Waals surface area contributed by atoms with E-state index in [-0.39, 0.29) is 29.3 Å². The number of H-pyrrole nitrogens is 1. The number of aliphatic hydroxyl groups excluding tert-OH is 1. The molecule has 1 aliphatic rings. The van der Waals surface area contributed by atoms with Crippen LogP contribution in [0, 0.1) is 0 Å². The first-order valence-electron chi connectivity index (χ1n) is 15.1. The Kier molecular flexibility index (Phi) is 9.72. The quantitative estimate of drug-likeness (QED) is 0.133. The minimum Gasteiger partial charge on any atom is -0.506 e. The molecule has 230 valence electrons. The summed E-state index contributed by atoms with van der Waals surface area (Å²) in [5, 5.41) is 37.4. The summed E-state index contributed by atoms with van der Waals surface area (Å²) in [7, 11) is 0. The molecule has 2 heterocycles. The Labute approximate surface area is 255 Å². The molecule has 1 amide bonds. The number of carbonyl (C=O) groups excluding carboxylic acids is 1. The third kappa shape index (κ3) is 6.98. The second-order valence-electron chi connectivity index (χ2n) is 11.5. The first-order chi connectivity index (χ1) is 21.3. The van der Waals surface area contributed by atoms with E-state index in [0.29, 0.717) is 48.1 Å². The highest BCUT2D eigenvalue weighted by Gasteiger charge is 2.41. The van der Waals surface area contributed by atoms with E-state index in [1.807, 2.05) is 24.3 Å². The zero-order valence-electron chi connectivity index (χ0n) is 24.5. The Morgan fingerprint density at radius 3 is 2.59 bits per heavy atom. The molecule has 10 heteroatoms. The predicted octanol–water partition coefficient (Wildman–Crippen LogP) is 4.10. The van der Waals surface area contributed by atoms with Crippen molar-refractivity contribution in [3.8, 4) is 5.75 Å². The normalized spacial score (nSPS) is 15.1. The van der Waals surface area contributed by atoms with E-state index in [9.17, 15) is 29.7 Å². The van der Waals surface area contributed by atoms with Crippen molar-refractivity contribution < 1.29 is 24.9 Å². The number of aliphatic carboxylic acids is 1. The number of nitrogens with one attached hydrogen (secondary N) is 3. The number of carbonyl (C=O) groups is 2. The molecule has 0 aliphatic heterocycles. The summed E-state index contributed by atoms with van der Waals surface area (Å²) in [6.07, 6.45) is 6.38. The van der Waals surface area contributed by atoms with Gasteiger partial charge >= 0.3 is 5.97 Å². The van der Waals surface area contributed by atoms with E-state index >= 15 is 0 Å². The molecule has 44 heavy (non-hydrogen) atoms. The lowest BCUT2D eigenvalue weighted by atomic mass is 9.69. The van der Waals surface area contributed by atoms with Gasteiger partial charge < -0.3 is 30.9 Å². The maximum atomic E-state index is 12.7. The van der Waals surface area contributed by atoms with Crippen LogP contribution in [-0.4, -0.2) is 50.3 Å². The van der Waals surface area contributed by atoms with Crippen molar-refractivity contribution in [1.82, 2.24) is 20.6 Å². The summed E-state index contributed by atoms with van der Waals surface area (Å²) in [6, 6.07) is 17.3. The summed E-state index contributed by atoms with van der Waals surface area (Å²) in [6.45, 7) is 1.06. The first-order valence-corrected chi connectivity index (χ1v) is 15.1. The van der Waals surface area contributed by atoms with Gasteiger partial charge in [-0.25, -0.2) is 0 Å². The van der Waals surface area contributed by atoms with Gasteiger partial charge in [-0.15, -0.1) is 0 Å². The van der Waals surface area contributed by atoms with E-state index in [1.54, 1.807) is 24.3 Å². The van der Waals surface area contributed by atoms with Gasteiger partial charge in [0, 0.05) is 37.3 Å². The van der Waals surface area contributed by atoms with Crippen LogP contribution in [0.1, 0.15) is 77.4 Å². The maximum absolute atomic E-state index is 12.7. The van der Waals surface area contributed by atoms with Gasteiger partial charge in [0.15, 0.2) is 0 Å². The summed E-state index contributed by atoms with van der Waals surface area (Å²) in [5.41, 5.74) is 2.82. The number of rotatable bonds is 12. The fourth-order valence-electron chi connectivity index (χ4n) is 6.06.